The van der Waals surface area contributed by atoms with E-state index < -0.39 is 12.2 Å². The van der Waals surface area contributed by atoms with E-state index >= 15 is 0 Å². The van der Waals surface area contributed by atoms with Gasteiger partial charge in [0.05, 0.1) is 12.7 Å². The van der Waals surface area contributed by atoms with Gasteiger partial charge in [-0.2, -0.15) is 0 Å². The molecule has 3 rings (SSSR count). The average Bonchev–Trinajstić information content (AvgIpc) is 2.96. The van der Waals surface area contributed by atoms with Gasteiger partial charge in [0.1, 0.15) is 5.75 Å². The smallest absolute Gasteiger partial charge is 0.254 e. The van der Waals surface area contributed by atoms with Gasteiger partial charge in [0, 0.05) is 25.2 Å². The van der Waals surface area contributed by atoms with Crippen molar-refractivity contribution in [3.63, 3.8) is 0 Å². The molecule has 216 valence electrons. The molecule has 0 radical (unpaired) electrons. The lowest BCUT2D eigenvalue weighted by molar-refractivity contribution is -0.145. The van der Waals surface area contributed by atoms with Crippen LogP contribution in [-0.4, -0.2) is 59.3 Å². The number of para-hydroxylation sites is 1. The first-order chi connectivity index (χ1) is 18.9. The molecular weight excluding hydrogens is 492 g/mol. The van der Waals surface area contributed by atoms with Crippen molar-refractivity contribution >= 4 is 12.3 Å². The van der Waals surface area contributed by atoms with Crippen molar-refractivity contribution in [3.8, 4) is 16.9 Å². The van der Waals surface area contributed by atoms with Gasteiger partial charge in [-0.1, -0.05) is 88.4 Å². The Morgan fingerprint density at radius 1 is 1.03 bits per heavy atom. The number of aliphatic hydroxyl groups excluding tert-OH is 2. The number of aliphatic hydroxyl groups is 2. The monoisotopic (exact) mass is 540 g/mol. The summed E-state index contributed by atoms with van der Waals surface area (Å²) in [6, 6.07) is 16.5. The van der Waals surface area contributed by atoms with Crippen LogP contribution in [-0.2, 0) is 16.1 Å². The van der Waals surface area contributed by atoms with Gasteiger partial charge in [0.15, 0.2) is 6.10 Å². The van der Waals surface area contributed by atoms with Crippen LogP contribution in [0.3, 0.4) is 0 Å². The zero-order valence-electron chi connectivity index (χ0n) is 24.0. The van der Waals surface area contributed by atoms with Crippen LogP contribution in [0.25, 0.3) is 11.1 Å². The number of benzene rings is 2. The predicted octanol–water partition coefficient (Wildman–Crippen LogP) is 5.33. The lowest BCUT2D eigenvalue weighted by Gasteiger charge is -2.25. The maximum Gasteiger partial charge on any atom is 0.254 e. The molecule has 2 aromatic rings. The summed E-state index contributed by atoms with van der Waals surface area (Å²) >= 11 is 0. The largest absolute Gasteiger partial charge is 0.493 e. The van der Waals surface area contributed by atoms with Crippen molar-refractivity contribution in [2.75, 3.05) is 19.7 Å². The summed E-state index contributed by atoms with van der Waals surface area (Å²) in [5, 5.41) is 21.1. The Balaban J connectivity index is 0.000000326. The Hall–Kier alpha value is -2.90. The summed E-state index contributed by atoms with van der Waals surface area (Å²) in [4.78, 5) is 23.6. The first-order valence-corrected chi connectivity index (χ1v) is 14.5. The van der Waals surface area contributed by atoms with Gasteiger partial charge in [-0.15, -0.1) is 0 Å². The normalized spacial score (nSPS) is 14.9. The number of ether oxygens (including phenoxy) is 1. The SMILES string of the molecule is CCCN(CCC)C(=O)[C@H](O)[C@H](C)O.O=CNCc1ccc(-c2ccccc2OCCC2CCCCC2)cc1. The fraction of sp³-hybridized carbons (Fsp3) is 0.562. The first kappa shape index (κ1) is 32.3. The maximum atomic E-state index is 11.6. The molecule has 2 aromatic carbocycles. The summed E-state index contributed by atoms with van der Waals surface area (Å²) in [5.74, 6) is 1.42. The first-order valence-electron chi connectivity index (χ1n) is 14.5. The van der Waals surface area contributed by atoms with Gasteiger partial charge in [0.25, 0.3) is 5.91 Å². The summed E-state index contributed by atoms with van der Waals surface area (Å²) in [5.41, 5.74) is 3.36. The lowest BCUT2D eigenvalue weighted by Crippen LogP contribution is -2.44. The van der Waals surface area contributed by atoms with Crippen LogP contribution in [0.5, 0.6) is 5.75 Å². The van der Waals surface area contributed by atoms with Crippen molar-refractivity contribution in [3.05, 3.63) is 54.1 Å². The zero-order valence-corrected chi connectivity index (χ0v) is 24.0. The Morgan fingerprint density at radius 3 is 2.26 bits per heavy atom. The number of hydrogen-bond acceptors (Lipinski definition) is 5. The van der Waals surface area contributed by atoms with Crippen LogP contribution in [0.2, 0.25) is 0 Å². The maximum absolute atomic E-state index is 11.6. The molecular formula is C32H48N2O5. The highest BCUT2D eigenvalue weighted by atomic mass is 16.5. The fourth-order valence-corrected chi connectivity index (χ4v) is 4.87. The molecule has 1 aliphatic carbocycles. The third kappa shape index (κ3) is 11.4. The van der Waals surface area contributed by atoms with Gasteiger partial charge >= 0.3 is 0 Å². The number of amides is 2. The minimum absolute atomic E-state index is 0.372. The topological polar surface area (TPSA) is 99.1 Å². The highest BCUT2D eigenvalue weighted by Gasteiger charge is 2.24. The summed E-state index contributed by atoms with van der Waals surface area (Å²) in [6.45, 7) is 7.99. The van der Waals surface area contributed by atoms with E-state index in [1.165, 1.54) is 39.0 Å². The molecule has 1 fully saturated rings. The molecule has 0 saturated heterocycles. The van der Waals surface area contributed by atoms with Crippen LogP contribution in [0, 0.1) is 5.92 Å². The Morgan fingerprint density at radius 2 is 1.67 bits per heavy atom. The van der Waals surface area contributed by atoms with E-state index in [1.54, 1.807) is 4.90 Å². The van der Waals surface area contributed by atoms with Crippen LogP contribution < -0.4 is 10.1 Å². The Kier molecular flexibility index (Phi) is 15.2. The van der Waals surface area contributed by atoms with E-state index in [0.717, 1.165) is 60.6 Å². The highest BCUT2D eigenvalue weighted by molar-refractivity contribution is 5.81. The second-order valence-corrected chi connectivity index (χ2v) is 10.3. The average molecular weight is 541 g/mol. The summed E-state index contributed by atoms with van der Waals surface area (Å²) in [7, 11) is 0. The van der Waals surface area contributed by atoms with Crippen molar-refractivity contribution in [1.29, 1.82) is 0 Å². The van der Waals surface area contributed by atoms with Crippen LogP contribution in [0.1, 0.15) is 77.7 Å². The molecule has 39 heavy (non-hydrogen) atoms. The van der Waals surface area contributed by atoms with Crippen LogP contribution in [0.4, 0.5) is 0 Å². The molecule has 7 heteroatoms. The molecule has 0 bridgehead atoms. The number of nitrogens with one attached hydrogen (secondary N) is 1. The van der Waals surface area contributed by atoms with Crippen LogP contribution >= 0.6 is 0 Å². The van der Waals surface area contributed by atoms with Crippen molar-refractivity contribution in [2.45, 2.75) is 90.9 Å². The second-order valence-electron chi connectivity index (χ2n) is 10.3. The molecule has 2 amide bonds. The molecule has 3 N–H and O–H groups in total. The molecule has 0 heterocycles. The molecule has 0 unspecified atom stereocenters. The standard InChI is InChI=1S/C22H27NO2.C10H21NO3/c24-17-23-16-19-10-12-20(13-11-19)21-8-4-5-9-22(21)25-15-14-18-6-2-1-3-7-18;1-4-6-11(7-5-2)10(14)9(13)8(3)12/h4-5,8-13,17-18H,1-3,6-7,14-16H2,(H,23,24);8-9,12-13H,4-7H2,1-3H3/t;8-,9+/m.0/s1. The quantitative estimate of drug-likeness (QED) is 0.282. The molecule has 1 aliphatic rings. The zero-order chi connectivity index (χ0) is 28.5. The van der Waals surface area contributed by atoms with Gasteiger partial charge < -0.3 is 25.2 Å². The van der Waals surface area contributed by atoms with Crippen molar-refractivity contribution in [2.24, 2.45) is 5.92 Å². The number of carbonyl (C=O) groups excluding carboxylic acids is 2. The summed E-state index contributed by atoms with van der Waals surface area (Å²) in [6.07, 6.45) is 8.21. The minimum atomic E-state index is -1.28. The van der Waals surface area contributed by atoms with Gasteiger partial charge in [0.2, 0.25) is 6.41 Å². The van der Waals surface area contributed by atoms with E-state index in [9.17, 15) is 14.7 Å². The summed E-state index contributed by atoms with van der Waals surface area (Å²) < 4.78 is 6.13. The van der Waals surface area contributed by atoms with E-state index in [1.807, 2.05) is 38.1 Å². The van der Waals surface area contributed by atoms with Crippen molar-refractivity contribution in [1.82, 2.24) is 10.2 Å². The van der Waals surface area contributed by atoms with E-state index in [-0.39, 0.29) is 5.91 Å². The molecule has 0 aliphatic heterocycles. The third-order valence-corrected chi connectivity index (χ3v) is 7.06. The molecule has 1 saturated carbocycles. The third-order valence-electron chi connectivity index (χ3n) is 7.06. The lowest BCUT2D eigenvalue weighted by atomic mass is 9.87. The minimum Gasteiger partial charge on any atom is -0.493 e. The van der Waals surface area contributed by atoms with Gasteiger partial charge in [-0.3, -0.25) is 9.59 Å². The van der Waals surface area contributed by atoms with E-state index in [0.29, 0.717) is 19.6 Å². The second kappa shape index (κ2) is 18.4. The Labute approximate surface area is 234 Å². The number of rotatable bonds is 14. The number of nitrogens with zero attached hydrogens (tertiary/aromatic N) is 1. The molecule has 0 aromatic heterocycles. The van der Waals surface area contributed by atoms with Crippen molar-refractivity contribution < 1.29 is 24.5 Å². The van der Waals surface area contributed by atoms with E-state index in [4.69, 9.17) is 9.84 Å². The van der Waals surface area contributed by atoms with E-state index in [2.05, 4.69) is 29.6 Å². The molecule has 7 nitrogen and oxygen atoms in total. The highest BCUT2D eigenvalue weighted by Crippen LogP contribution is 2.31. The Bertz CT molecular complexity index is 951. The van der Waals surface area contributed by atoms with Gasteiger partial charge in [-0.25, -0.2) is 0 Å². The number of carbonyl (C=O) groups is 2. The van der Waals surface area contributed by atoms with Gasteiger partial charge in [-0.05, 0) is 49.3 Å². The number of hydrogen-bond donors (Lipinski definition) is 3. The fourth-order valence-electron chi connectivity index (χ4n) is 4.87. The predicted molar refractivity (Wildman–Crippen MR) is 156 cm³/mol. The van der Waals surface area contributed by atoms with Crippen LogP contribution in [0.15, 0.2) is 48.5 Å². The molecule has 2 atom stereocenters. The molecule has 0 spiro atoms.